The zero-order valence-corrected chi connectivity index (χ0v) is 21.0. The smallest absolute Gasteiger partial charge is 0.399 e. The largest absolute Gasteiger partial charge is 0.494 e. The van der Waals surface area contributed by atoms with E-state index in [9.17, 15) is 18.0 Å². The first kappa shape index (κ1) is 25.9. The second kappa shape index (κ2) is 9.05. The molecule has 4 rings (SSSR count). The van der Waals surface area contributed by atoms with Crippen LogP contribution in [0.5, 0.6) is 0 Å². The van der Waals surface area contributed by atoms with Crippen molar-refractivity contribution in [3.63, 3.8) is 0 Å². The third-order valence-electron chi connectivity index (χ3n) is 7.15. The highest BCUT2D eigenvalue weighted by Crippen LogP contribution is 2.38. The molecule has 0 bridgehead atoms. The lowest BCUT2D eigenvalue weighted by atomic mass is 9.74. The highest BCUT2D eigenvalue weighted by molar-refractivity contribution is 6.62. The molecule has 0 amide bonds. The predicted molar refractivity (Wildman–Crippen MR) is 130 cm³/mol. The summed E-state index contributed by atoms with van der Waals surface area (Å²) in [6.45, 7) is 12.4. The number of ether oxygens (including phenoxy) is 1. The molecule has 0 aromatic heterocycles. The normalized spacial score (nSPS) is 21.9. The van der Waals surface area contributed by atoms with Crippen LogP contribution in [0, 0.1) is 5.92 Å². The molecule has 2 aliphatic heterocycles. The summed E-state index contributed by atoms with van der Waals surface area (Å²) in [6, 6.07) is 10.8. The predicted octanol–water partition coefficient (Wildman–Crippen LogP) is 5.77. The van der Waals surface area contributed by atoms with Gasteiger partial charge in [-0.3, -0.25) is 4.79 Å². The summed E-state index contributed by atoms with van der Waals surface area (Å²) in [5.74, 6) is -0.0982. The maximum absolute atomic E-state index is 13.2. The van der Waals surface area contributed by atoms with Crippen LogP contribution in [-0.4, -0.2) is 36.8 Å². The van der Waals surface area contributed by atoms with Crippen LogP contribution in [0.4, 0.5) is 13.2 Å². The van der Waals surface area contributed by atoms with E-state index in [-0.39, 0.29) is 11.7 Å². The van der Waals surface area contributed by atoms with E-state index >= 15 is 0 Å². The number of benzene rings is 2. The summed E-state index contributed by atoms with van der Waals surface area (Å²) < 4.78 is 57.2. The fourth-order valence-corrected chi connectivity index (χ4v) is 4.34. The molecular formula is C27H32BF3O4. The van der Waals surface area contributed by atoms with Crippen molar-refractivity contribution in [2.45, 2.75) is 77.4 Å². The lowest BCUT2D eigenvalue weighted by Crippen LogP contribution is -2.41. The van der Waals surface area contributed by atoms with Gasteiger partial charge >= 0.3 is 13.3 Å². The van der Waals surface area contributed by atoms with Gasteiger partial charge in [0.05, 0.1) is 23.4 Å². The highest BCUT2D eigenvalue weighted by Gasteiger charge is 2.52. The van der Waals surface area contributed by atoms with E-state index < -0.39 is 42.1 Å². The van der Waals surface area contributed by atoms with Gasteiger partial charge in [0.1, 0.15) is 6.10 Å². The van der Waals surface area contributed by atoms with Crippen LogP contribution in [0.2, 0.25) is 0 Å². The van der Waals surface area contributed by atoms with Gasteiger partial charge in [-0.05, 0) is 74.3 Å². The number of ketones is 1. The van der Waals surface area contributed by atoms with Gasteiger partial charge in [0.15, 0.2) is 5.78 Å². The monoisotopic (exact) mass is 488 g/mol. The Labute approximate surface area is 205 Å². The van der Waals surface area contributed by atoms with Gasteiger partial charge in [0.2, 0.25) is 0 Å². The minimum Gasteiger partial charge on any atom is -0.399 e. The maximum Gasteiger partial charge on any atom is 0.494 e. The van der Waals surface area contributed by atoms with Crippen LogP contribution in [0.1, 0.15) is 65.0 Å². The van der Waals surface area contributed by atoms with Gasteiger partial charge in [-0.15, -0.1) is 0 Å². The average Bonchev–Trinajstić information content (AvgIpc) is 3.57. The minimum absolute atomic E-state index is 0.0307. The molecule has 0 aliphatic carbocycles. The molecule has 0 N–H and O–H groups in total. The van der Waals surface area contributed by atoms with E-state index in [1.807, 2.05) is 45.9 Å². The van der Waals surface area contributed by atoms with Crippen LogP contribution in [-0.2, 0) is 25.0 Å². The highest BCUT2D eigenvalue weighted by atomic mass is 19.4. The molecule has 2 aliphatic rings. The Morgan fingerprint density at radius 3 is 2.06 bits per heavy atom. The lowest BCUT2D eigenvalue weighted by Gasteiger charge is -2.32. The number of carbonyl (C=O) groups is 1. The standard InChI is InChI=1S/C27H32BF3O4/c1-16(2)11-22(24(32)23-15-33-23)19-12-18(17-7-9-20(10-8-17)27(29,30)31)13-21(14-19)28-34-25(3,4)26(5,6)35-28/h7-10,12-14,16,22-23H,11,15H2,1-6H3. The summed E-state index contributed by atoms with van der Waals surface area (Å²) in [6.07, 6.45) is -4.17. The Morgan fingerprint density at radius 2 is 1.57 bits per heavy atom. The van der Waals surface area contributed by atoms with Crippen molar-refractivity contribution in [3.05, 3.63) is 53.6 Å². The zero-order valence-electron chi connectivity index (χ0n) is 21.0. The number of alkyl halides is 3. The van der Waals surface area contributed by atoms with E-state index in [1.54, 1.807) is 0 Å². The number of Topliss-reactive ketones (excluding diaryl/α,β-unsaturated/α-hetero) is 1. The molecule has 0 spiro atoms. The maximum atomic E-state index is 13.2. The van der Waals surface area contributed by atoms with Gasteiger partial charge in [0.25, 0.3) is 0 Å². The van der Waals surface area contributed by atoms with Crippen molar-refractivity contribution < 1.29 is 32.0 Å². The Hall–Kier alpha value is -2.16. The molecule has 2 saturated heterocycles. The molecule has 2 heterocycles. The van der Waals surface area contributed by atoms with Crippen molar-refractivity contribution in [3.8, 4) is 11.1 Å². The molecule has 0 saturated carbocycles. The third-order valence-corrected chi connectivity index (χ3v) is 7.15. The fourth-order valence-electron chi connectivity index (χ4n) is 4.34. The quantitative estimate of drug-likeness (QED) is 0.367. The van der Waals surface area contributed by atoms with E-state index in [1.165, 1.54) is 12.1 Å². The summed E-state index contributed by atoms with van der Waals surface area (Å²) >= 11 is 0. The number of epoxide rings is 1. The molecule has 0 radical (unpaired) electrons. The first-order valence-electron chi connectivity index (χ1n) is 12.0. The summed E-state index contributed by atoms with van der Waals surface area (Å²) in [4.78, 5) is 13.2. The van der Waals surface area contributed by atoms with E-state index in [4.69, 9.17) is 14.0 Å². The van der Waals surface area contributed by atoms with E-state index in [2.05, 4.69) is 13.8 Å². The fraction of sp³-hybridized carbons (Fsp3) is 0.519. The average molecular weight is 488 g/mol. The molecule has 4 nitrogen and oxygen atoms in total. The van der Waals surface area contributed by atoms with E-state index in [0.29, 0.717) is 24.2 Å². The molecule has 8 heteroatoms. The van der Waals surface area contributed by atoms with Crippen LogP contribution in [0.3, 0.4) is 0 Å². The van der Waals surface area contributed by atoms with Crippen molar-refractivity contribution in [2.75, 3.05) is 6.61 Å². The number of hydrogen-bond donors (Lipinski definition) is 0. The zero-order chi connectivity index (χ0) is 25.8. The molecule has 2 aromatic rings. The molecule has 35 heavy (non-hydrogen) atoms. The topological polar surface area (TPSA) is 48.1 Å². The molecule has 2 fully saturated rings. The van der Waals surface area contributed by atoms with Gasteiger partial charge < -0.3 is 14.0 Å². The Morgan fingerprint density at radius 1 is 1.00 bits per heavy atom. The number of rotatable bonds is 7. The molecule has 2 unspecified atom stereocenters. The summed E-state index contributed by atoms with van der Waals surface area (Å²) in [5.41, 5.74) is 1.03. The van der Waals surface area contributed by atoms with Gasteiger partial charge in [0, 0.05) is 5.92 Å². The number of halogens is 3. The van der Waals surface area contributed by atoms with Crippen LogP contribution in [0.25, 0.3) is 11.1 Å². The van der Waals surface area contributed by atoms with Gasteiger partial charge in [-0.25, -0.2) is 0 Å². The first-order valence-corrected chi connectivity index (χ1v) is 12.0. The second-order valence-corrected chi connectivity index (χ2v) is 11.0. The molecule has 2 atom stereocenters. The van der Waals surface area contributed by atoms with Crippen LogP contribution < -0.4 is 5.46 Å². The first-order chi connectivity index (χ1) is 16.2. The van der Waals surface area contributed by atoms with Crippen LogP contribution in [0.15, 0.2) is 42.5 Å². The molecule has 188 valence electrons. The third kappa shape index (κ3) is 5.50. The number of carbonyl (C=O) groups excluding carboxylic acids is 1. The Balaban J connectivity index is 1.80. The Bertz CT molecular complexity index is 1070. The summed E-state index contributed by atoms with van der Waals surface area (Å²) in [7, 11) is -0.667. The van der Waals surface area contributed by atoms with Crippen molar-refractivity contribution in [1.82, 2.24) is 0 Å². The Kier molecular flexibility index (Phi) is 6.71. The molecular weight excluding hydrogens is 456 g/mol. The SMILES string of the molecule is CC(C)CC(C(=O)C1CO1)c1cc(B2OC(C)(C)C(C)(C)O2)cc(-c2ccc(C(F)(F)F)cc2)c1. The van der Waals surface area contributed by atoms with E-state index in [0.717, 1.165) is 23.2 Å². The van der Waals surface area contributed by atoms with Crippen molar-refractivity contribution in [1.29, 1.82) is 0 Å². The minimum atomic E-state index is -4.41. The van der Waals surface area contributed by atoms with Crippen molar-refractivity contribution in [2.24, 2.45) is 5.92 Å². The van der Waals surface area contributed by atoms with Crippen molar-refractivity contribution >= 4 is 18.4 Å². The van der Waals surface area contributed by atoms with Gasteiger partial charge in [-0.1, -0.05) is 44.2 Å². The lowest BCUT2D eigenvalue weighted by molar-refractivity contribution is -0.137. The second-order valence-electron chi connectivity index (χ2n) is 11.0. The number of hydrogen-bond acceptors (Lipinski definition) is 4. The van der Waals surface area contributed by atoms with Crippen LogP contribution >= 0.6 is 0 Å². The van der Waals surface area contributed by atoms with Gasteiger partial charge in [-0.2, -0.15) is 13.2 Å². The summed E-state index contributed by atoms with van der Waals surface area (Å²) in [5, 5.41) is 0. The molecule has 2 aromatic carbocycles.